The van der Waals surface area contributed by atoms with E-state index >= 15 is 0 Å². The van der Waals surface area contributed by atoms with E-state index in [9.17, 15) is 0 Å². The summed E-state index contributed by atoms with van der Waals surface area (Å²) in [7, 11) is 0. The highest BCUT2D eigenvalue weighted by molar-refractivity contribution is 5.96. The fourth-order valence-electron chi connectivity index (χ4n) is 8.91. The van der Waals surface area contributed by atoms with Crippen LogP contribution in [0.25, 0.3) is 11.1 Å². The quantitative estimate of drug-likeness (QED) is 0.199. The Morgan fingerprint density at radius 1 is 0.283 bits per heavy atom. The van der Waals surface area contributed by atoms with E-state index in [2.05, 4.69) is 192 Å². The second kappa shape index (κ2) is 9.32. The first-order chi connectivity index (χ1) is 22.9. The van der Waals surface area contributed by atoms with Gasteiger partial charge in [0.2, 0.25) is 0 Å². The summed E-state index contributed by atoms with van der Waals surface area (Å²) in [5.74, 6) is 0. The fourth-order valence-corrected chi connectivity index (χ4v) is 8.91. The highest BCUT2D eigenvalue weighted by atomic mass is 15.5. The molecule has 0 aromatic heterocycles. The second-order valence-electron chi connectivity index (χ2n) is 12.4. The zero-order valence-electron chi connectivity index (χ0n) is 25.2. The molecule has 2 spiro atoms. The van der Waals surface area contributed by atoms with Crippen LogP contribution in [0.3, 0.4) is 0 Å². The van der Waals surface area contributed by atoms with Crippen LogP contribution in [0.1, 0.15) is 33.4 Å². The summed E-state index contributed by atoms with van der Waals surface area (Å²) in [6, 6.07) is 67.3. The maximum Gasteiger partial charge on any atom is 0.175 e. The van der Waals surface area contributed by atoms with E-state index in [0.717, 1.165) is 11.4 Å². The van der Waals surface area contributed by atoms with Gasteiger partial charge in [0, 0.05) is 22.5 Å². The Morgan fingerprint density at radius 3 is 1.04 bits per heavy atom. The van der Waals surface area contributed by atoms with Crippen molar-refractivity contribution in [1.29, 1.82) is 0 Å². The number of rotatable bonds is 2. The first kappa shape index (κ1) is 25.5. The number of para-hydroxylation sites is 4. The maximum absolute atomic E-state index is 2.59. The molecule has 0 bridgehead atoms. The smallest absolute Gasteiger partial charge is 0.175 e. The van der Waals surface area contributed by atoms with Crippen molar-refractivity contribution in [2.75, 3.05) is 9.80 Å². The van der Waals surface area contributed by atoms with Gasteiger partial charge in [-0.3, -0.25) is 0 Å². The Hall–Kier alpha value is -5.86. The van der Waals surface area contributed by atoms with Gasteiger partial charge in [-0.1, -0.05) is 146 Å². The minimum absolute atomic E-state index is 0.467. The number of hydrogen-bond acceptors (Lipinski definition) is 2. The molecule has 0 N–H and O–H groups in total. The van der Waals surface area contributed by atoms with Gasteiger partial charge in [-0.15, -0.1) is 0 Å². The number of anilines is 4. The molecule has 2 nitrogen and oxygen atoms in total. The molecule has 0 unspecified atom stereocenters. The highest BCUT2D eigenvalue weighted by Gasteiger charge is 2.62. The first-order valence-corrected chi connectivity index (χ1v) is 16.0. The summed E-state index contributed by atoms with van der Waals surface area (Å²) < 4.78 is 0. The molecule has 3 aliphatic rings. The minimum Gasteiger partial charge on any atom is -0.308 e. The minimum atomic E-state index is -0.711. The topological polar surface area (TPSA) is 6.48 Å². The third-order valence-electron chi connectivity index (χ3n) is 10.4. The summed E-state index contributed by atoms with van der Waals surface area (Å²) in [6.07, 6.45) is 0. The van der Waals surface area contributed by atoms with Crippen LogP contribution >= 0.6 is 0 Å². The van der Waals surface area contributed by atoms with Crippen LogP contribution in [0.4, 0.5) is 22.7 Å². The molecule has 0 saturated heterocycles. The third kappa shape index (κ3) is 2.97. The number of hydrogen-bond donors (Lipinski definition) is 0. The van der Waals surface area contributed by atoms with Crippen molar-refractivity contribution in [3.8, 4) is 11.1 Å². The molecule has 10 rings (SSSR count). The number of benzene rings is 7. The molecule has 7 aromatic rings. The number of nitrogens with zero attached hydrogens (tertiary/aromatic N) is 2. The van der Waals surface area contributed by atoms with Crippen LogP contribution < -0.4 is 9.80 Å². The zero-order valence-corrected chi connectivity index (χ0v) is 25.2. The van der Waals surface area contributed by atoms with Gasteiger partial charge in [0.15, 0.2) is 5.66 Å². The van der Waals surface area contributed by atoms with Gasteiger partial charge in [0.05, 0.1) is 16.8 Å². The van der Waals surface area contributed by atoms with Crippen LogP contribution in [-0.4, -0.2) is 0 Å². The van der Waals surface area contributed by atoms with E-state index in [1.54, 1.807) is 0 Å². The second-order valence-corrected chi connectivity index (χ2v) is 12.4. The Balaban J connectivity index is 1.42. The van der Waals surface area contributed by atoms with Gasteiger partial charge >= 0.3 is 0 Å². The highest BCUT2D eigenvalue weighted by Crippen LogP contribution is 2.68. The molecule has 0 atom stereocenters. The van der Waals surface area contributed by atoms with Crippen LogP contribution in [0.2, 0.25) is 0 Å². The van der Waals surface area contributed by atoms with E-state index in [-0.39, 0.29) is 0 Å². The van der Waals surface area contributed by atoms with E-state index in [1.165, 1.54) is 55.9 Å². The SMILES string of the molecule is c1ccc(N2c3ccccc3N(c3ccccc3)C23c2ccccc2C2(c4ccccc4-c4ccccc42)c2ccccc23)cc1. The fraction of sp³-hybridized carbons (Fsp3) is 0.0455. The summed E-state index contributed by atoms with van der Waals surface area (Å²) in [5.41, 5.74) is 14.0. The van der Waals surface area contributed by atoms with Crippen molar-refractivity contribution in [3.05, 3.63) is 215 Å². The monoisotopic (exact) mass is 586 g/mol. The molecule has 1 aliphatic heterocycles. The zero-order chi connectivity index (χ0) is 30.3. The van der Waals surface area contributed by atoms with Crippen molar-refractivity contribution in [1.82, 2.24) is 0 Å². The predicted molar refractivity (Wildman–Crippen MR) is 188 cm³/mol. The molecular formula is C44H30N2. The van der Waals surface area contributed by atoms with Gasteiger partial charge in [0.1, 0.15) is 0 Å². The molecule has 216 valence electrons. The first-order valence-electron chi connectivity index (χ1n) is 16.0. The van der Waals surface area contributed by atoms with Crippen molar-refractivity contribution in [2.24, 2.45) is 0 Å². The van der Waals surface area contributed by atoms with Gasteiger partial charge < -0.3 is 9.80 Å². The van der Waals surface area contributed by atoms with Gasteiger partial charge in [-0.2, -0.15) is 0 Å². The Labute approximate surface area is 269 Å². The lowest BCUT2D eigenvalue weighted by Crippen LogP contribution is -2.57. The van der Waals surface area contributed by atoms with Gasteiger partial charge in [0.25, 0.3) is 0 Å². The van der Waals surface area contributed by atoms with Crippen LogP contribution in [-0.2, 0) is 11.1 Å². The molecule has 7 aromatic carbocycles. The predicted octanol–water partition coefficient (Wildman–Crippen LogP) is 10.6. The number of fused-ring (bicyclic) bond motifs is 12. The molecular weight excluding hydrogens is 556 g/mol. The van der Waals surface area contributed by atoms with Crippen molar-refractivity contribution in [2.45, 2.75) is 11.1 Å². The Bertz CT molecular complexity index is 2120. The van der Waals surface area contributed by atoms with Crippen molar-refractivity contribution < 1.29 is 0 Å². The molecule has 2 heteroatoms. The molecule has 2 aliphatic carbocycles. The lowest BCUT2D eigenvalue weighted by Gasteiger charge is -2.54. The molecule has 1 heterocycles. The molecule has 0 amide bonds. The largest absolute Gasteiger partial charge is 0.308 e. The molecule has 0 fully saturated rings. The van der Waals surface area contributed by atoms with E-state index < -0.39 is 11.1 Å². The standard InChI is InChI=1S/C44H30N2/c1-3-17-31(18-4-1)45-41-29-15-16-30-42(41)46(32-19-5-2-6-20-32)44(45)39-27-13-11-25-37(39)43(38-26-12-14-28-40(38)44)35-23-9-7-21-33(35)34-22-8-10-24-36(34)43/h1-30H. The van der Waals surface area contributed by atoms with E-state index in [1.807, 2.05) is 0 Å². The maximum atomic E-state index is 2.59. The van der Waals surface area contributed by atoms with E-state index in [0.29, 0.717) is 0 Å². The molecule has 0 radical (unpaired) electrons. The Kier molecular flexibility index (Phi) is 5.16. The van der Waals surface area contributed by atoms with Crippen molar-refractivity contribution in [3.63, 3.8) is 0 Å². The average molecular weight is 587 g/mol. The van der Waals surface area contributed by atoms with Gasteiger partial charge in [-0.25, -0.2) is 0 Å². The lowest BCUT2D eigenvalue weighted by atomic mass is 9.58. The van der Waals surface area contributed by atoms with Gasteiger partial charge in [-0.05, 0) is 69.8 Å². The summed E-state index contributed by atoms with van der Waals surface area (Å²) >= 11 is 0. The summed E-state index contributed by atoms with van der Waals surface area (Å²) in [6.45, 7) is 0. The summed E-state index contributed by atoms with van der Waals surface area (Å²) in [5, 5.41) is 0. The van der Waals surface area contributed by atoms with Crippen LogP contribution in [0.15, 0.2) is 182 Å². The third-order valence-corrected chi connectivity index (χ3v) is 10.4. The lowest BCUT2D eigenvalue weighted by molar-refractivity contribution is 0.509. The average Bonchev–Trinajstić information content (AvgIpc) is 3.61. The Morgan fingerprint density at radius 2 is 0.609 bits per heavy atom. The van der Waals surface area contributed by atoms with E-state index in [4.69, 9.17) is 0 Å². The van der Waals surface area contributed by atoms with Crippen LogP contribution in [0, 0.1) is 0 Å². The van der Waals surface area contributed by atoms with Crippen molar-refractivity contribution >= 4 is 22.7 Å². The molecule has 0 saturated carbocycles. The molecule has 46 heavy (non-hydrogen) atoms. The van der Waals surface area contributed by atoms with Crippen LogP contribution in [0.5, 0.6) is 0 Å². The normalized spacial score (nSPS) is 15.7. The summed E-state index contributed by atoms with van der Waals surface area (Å²) in [4.78, 5) is 5.18.